The molecule has 0 unspecified atom stereocenters. The fourth-order valence-electron chi connectivity index (χ4n) is 3.82. The summed E-state index contributed by atoms with van der Waals surface area (Å²) in [6.07, 6.45) is -5.32. The van der Waals surface area contributed by atoms with Crippen LogP contribution in [0.1, 0.15) is 32.1 Å². The number of carbonyl (C=O) groups excluding carboxylic acids is 2. The molecule has 2 aromatic heterocycles. The van der Waals surface area contributed by atoms with Gasteiger partial charge in [-0.1, -0.05) is 18.2 Å². The molecule has 0 bridgehead atoms. The fraction of sp³-hybridized carbons (Fsp3) is 0.167. The Hall–Kier alpha value is -4.68. The van der Waals surface area contributed by atoms with Gasteiger partial charge in [-0.3, -0.25) is 9.59 Å². The quantitative estimate of drug-likeness (QED) is 0.362. The van der Waals surface area contributed by atoms with Crippen molar-refractivity contribution in [2.24, 2.45) is 5.73 Å². The smallest absolute Gasteiger partial charge is 0.481 e. The van der Waals surface area contributed by atoms with Crippen molar-refractivity contribution in [3.8, 4) is 17.3 Å². The number of methoxy groups -OCH3 is 1. The van der Waals surface area contributed by atoms with Crippen molar-refractivity contribution < 1.29 is 36.6 Å². The summed E-state index contributed by atoms with van der Waals surface area (Å²) in [7, 11) is 2.70. The van der Waals surface area contributed by atoms with E-state index in [4.69, 9.17) is 10.5 Å². The maximum Gasteiger partial charge on any atom is 0.573 e. The van der Waals surface area contributed by atoms with E-state index in [1.54, 1.807) is 24.3 Å². The average molecular weight is 517 g/mol. The van der Waals surface area contributed by atoms with Crippen LogP contribution in [0.15, 0.2) is 48.5 Å². The number of ether oxygens (including phenoxy) is 2. The molecule has 4 rings (SSSR count). The molecule has 0 aliphatic carbocycles. The summed E-state index contributed by atoms with van der Waals surface area (Å²) < 4.78 is 63.3. The molecule has 3 N–H and O–H groups in total. The lowest BCUT2D eigenvalue weighted by Crippen LogP contribution is -2.21. The van der Waals surface area contributed by atoms with Crippen molar-refractivity contribution in [2.45, 2.75) is 12.8 Å². The molecule has 9 nitrogen and oxygen atoms in total. The molecule has 0 radical (unpaired) electrons. The number of carbonyl (C=O) groups is 2. The second kappa shape index (κ2) is 9.76. The number of pyridine rings is 1. The topological polar surface area (TPSA) is 121 Å². The Balaban J connectivity index is 1.98. The number of nitrogens with zero attached hydrogens (tertiary/aromatic N) is 3. The number of hydrogen-bond acceptors (Lipinski definition) is 6. The number of fused-ring (bicyclic) bond motifs is 1. The fourth-order valence-corrected chi connectivity index (χ4v) is 3.82. The monoisotopic (exact) mass is 517 g/mol. The summed E-state index contributed by atoms with van der Waals surface area (Å²) in [4.78, 5) is 29.1. The summed E-state index contributed by atoms with van der Waals surface area (Å²) in [6, 6.07) is 10.6. The highest BCUT2D eigenvalue weighted by Gasteiger charge is 2.31. The lowest BCUT2D eigenvalue weighted by atomic mass is 10.0. The zero-order chi connectivity index (χ0) is 26.9. The maximum atomic E-state index is 14.7. The second-order valence-electron chi connectivity index (χ2n) is 7.72. The number of benzene rings is 2. The van der Waals surface area contributed by atoms with E-state index in [9.17, 15) is 27.2 Å². The Kier molecular flexibility index (Phi) is 6.70. The molecular weight excluding hydrogens is 498 g/mol. The lowest BCUT2D eigenvalue weighted by molar-refractivity contribution is -0.274. The largest absolute Gasteiger partial charge is 0.573 e. The van der Waals surface area contributed by atoms with Crippen molar-refractivity contribution in [2.75, 3.05) is 14.2 Å². The third-order valence-electron chi connectivity index (χ3n) is 5.36. The van der Waals surface area contributed by atoms with Gasteiger partial charge in [0.1, 0.15) is 17.3 Å². The summed E-state index contributed by atoms with van der Waals surface area (Å²) in [5, 5.41) is 7.29. The molecule has 2 heterocycles. The van der Waals surface area contributed by atoms with Crippen LogP contribution in [0.5, 0.6) is 11.6 Å². The first-order valence-electron chi connectivity index (χ1n) is 10.6. The number of nitrogens with two attached hydrogens (primary N) is 1. The number of rotatable bonds is 7. The number of para-hydroxylation sites is 1. The highest BCUT2D eigenvalue weighted by molar-refractivity contribution is 6.05. The normalized spacial score (nSPS) is 11.4. The van der Waals surface area contributed by atoms with E-state index in [1.807, 2.05) is 0 Å². The standard InChI is InChI=1S/C24H19F4N5O4/c1-30-23(35)19-15-5-3-4-6-17(15)33(32-19)21-13(11-18(36-2)31-20(21)22(29)34)9-12-10-14(7-8-16(12)25)37-24(26,27)28/h3-8,10-11H,9H2,1-2H3,(H2,29,34)(H,30,35). The molecule has 0 spiro atoms. The van der Waals surface area contributed by atoms with Gasteiger partial charge < -0.3 is 20.5 Å². The highest BCUT2D eigenvalue weighted by atomic mass is 19.4. The van der Waals surface area contributed by atoms with Crippen LogP contribution in [0, 0.1) is 5.82 Å². The SMILES string of the molecule is CNC(=O)c1nn(-c2c(Cc3cc(OC(F)(F)F)ccc3F)cc(OC)nc2C(N)=O)c2ccccc12. The van der Waals surface area contributed by atoms with Gasteiger partial charge in [0.05, 0.1) is 12.6 Å². The molecule has 0 aliphatic rings. The van der Waals surface area contributed by atoms with E-state index in [-0.39, 0.29) is 40.5 Å². The van der Waals surface area contributed by atoms with Gasteiger partial charge in [0.2, 0.25) is 5.88 Å². The molecule has 0 atom stereocenters. The highest BCUT2D eigenvalue weighted by Crippen LogP contribution is 2.32. The molecule has 2 amide bonds. The zero-order valence-electron chi connectivity index (χ0n) is 19.4. The maximum absolute atomic E-state index is 14.7. The molecule has 0 fully saturated rings. The number of halogens is 4. The summed E-state index contributed by atoms with van der Waals surface area (Å²) in [5.74, 6) is -3.01. The summed E-state index contributed by atoms with van der Waals surface area (Å²) >= 11 is 0. The Bertz CT molecular complexity index is 1520. The second-order valence-corrected chi connectivity index (χ2v) is 7.72. The van der Waals surface area contributed by atoms with Gasteiger partial charge in [0, 0.05) is 24.9 Å². The molecule has 192 valence electrons. The van der Waals surface area contributed by atoms with E-state index < -0.39 is 29.7 Å². The molecule has 4 aromatic rings. The zero-order valence-corrected chi connectivity index (χ0v) is 19.4. The van der Waals surface area contributed by atoms with Crippen molar-refractivity contribution >= 4 is 22.7 Å². The summed E-state index contributed by atoms with van der Waals surface area (Å²) in [6.45, 7) is 0. The van der Waals surface area contributed by atoms with E-state index in [0.29, 0.717) is 10.9 Å². The van der Waals surface area contributed by atoms with Gasteiger partial charge in [-0.2, -0.15) is 5.10 Å². The molecule has 0 saturated carbocycles. The first kappa shape index (κ1) is 25.4. The van der Waals surface area contributed by atoms with Gasteiger partial charge in [-0.05, 0) is 35.4 Å². The van der Waals surface area contributed by atoms with Gasteiger partial charge in [0.25, 0.3) is 11.8 Å². The van der Waals surface area contributed by atoms with Gasteiger partial charge in [-0.15, -0.1) is 13.2 Å². The van der Waals surface area contributed by atoms with Crippen LogP contribution in [0.3, 0.4) is 0 Å². The number of alkyl halides is 3. The first-order chi connectivity index (χ1) is 17.5. The van der Waals surface area contributed by atoms with E-state index in [0.717, 1.165) is 18.2 Å². The molecule has 0 aliphatic heterocycles. The van der Waals surface area contributed by atoms with Crippen LogP contribution >= 0.6 is 0 Å². The van der Waals surface area contributed by atoms with Crippen molar-refractivity contribution in [1.29, 1.82) is 0 Å². The van der Waals surface area contributed by atoms with Crippen LogP contribution in [-0.4, -0.2) is 47.1 Å². The van der Waals surface area contributed by atoms with E-state index in [1.165, 1.54) is 24.9 Å². The van der Waals surface area contributed by atoms with E-state index in [2.05, 4.69) is 20.1 Å². The lowest BCUT2D eigenvalue weighted by Gasteiger charge is -2.16. The van der Waals surface area contributed by atoms with Crippen LogP contribution in [0.2, 0.25) is 0 Å². The van der Waals surface area contributed by atoms with Gasteiger partial charge in [0.15, 0.2) is 11.4 Å². The van der Waals surface area contributed by atoms with Crippen molar-refractivity contribution in [3.63, 3.8) is 0 Å². The summed E-state index contributed by atoms with van der Waals surface area (Å²) in [5.41, 5.74) is 5.71. The minimum Gasteiger partial charge on any atom is -0.481 e. The van der Waals surface area contributed by atoms with Crippen LogP contribution < -0.4 is 20.5 Å². The van der Waals surface area contributed by atoms with Crippen molar-refractivity contribution in [3.05, 3.63) is 76.9 Å². The Morgan fingerprint density at radius 2 is 1.81 bits per heavy atom. The Labute approximate surface area is 206 Å². The first-order valence-corrected chi connectivity index (χ1v) is 10.6. The molecule has 13 heteroatoms. The Morgan fingerprint density at radius 3 is 2.46 bits per heavy atom. The minimum atomic E-state index is -4.98. The van der Waals surface area contributed by atoms with Crippen LogP contribution in [0.4, 0.5) is 17.6 Å². The predicted octanol–water partition coefficient (Wildman–Crippen LogP) is 3.52. The molecule has 37 heavy (non-hydrogen) atoms. The average Bonchev–Trinajstić information content (AvgIpc) is 3.23. The number of hydrogen-bond donors (Lipinski definition) is 2. The predicted molar refractivity (Wildman–Crippen MR) is 123 cm³/mol. The number of amides is 2. The number of nitrogens with one attached hydrogen (secondary N) is 1. The van der Waals surface area contributed by atoms with Crippen LogP contribution in [0.25, 0.3) is 16.6 Å². The van der Waals surface area contributed by atoms with Crippen molar-refractivity contribution in [1.82, 2.24) is 20.1 Å². The van der Waals surface area contributed by atoms with Crippen LogP contribution in [-0.2, 0) is 6.42 Å². The number of aromatic nitrogens is 3. The third kappa shape index (κ3) is 5.15. The minimum absolute atomic E-state index is 0.00111. The van der Waals surface area contributed by atoms with E-state index >= 15 is 0 Å². The Morgan fingerprint density at radius 1 is 1.08 bits per heavy atom. The molecule has 2 aromatic carbocycles. The van der Waals surface area contributed by atoms with Gasteiger partial charge >= 0.3 is 6.36 Å². The molecular formula is C24H19F4N5O4. The molecule has 0 saturated heterocycles. The number of primary amides is 1. The third-order valence-corrected chi connectivity index (χ3v) is 5.36. The van der Waals surface area contributed by atoms with Gasteiger partial charge in [-0.25, -0.2) is 14.1 Å².